The number of anilines is 1. The molecule has 1 N–H and O–H groups in total. The molecular formula is C15H22N2S. The minimum absolute atomic E-state index is 0.563. The van der Waals surface area contributed by atoms with Gasteiger partial charge in [-0.1, -0.05) is 51.6 Å². The van der Waals surface area contributed by atoms with E-state index in [2.05, 4.69) is 62.3 Å². The van der Waals surface area contributed by atoms with Crippen LogP contribution < -0.4 is 5.32 Å². The smallest absolute Gasteiger partial charge is 0.161 e. The maximum Gasteiger partial charge on any atom is 0.161 e. The molecule has 1 heterocycles. The lowest BCUT2D eigenvalue weighted by molar-refractivity contribution is 0.621. The van der Waals surface area contributed by atoms with Gasteiger partial charge in [0.1, 0.15) is 0 Å². The first kappa shape index (κ1) is 13.5. The molecule has 2 rings (SSSR count). The highest BCUT2D eigenvalue weighted by Gasteiger charge is 2.22. The van der Waals surface area contributed by atoms with Crippen LogP contribution in [0.1, 0.15) is 39.2 Å². The zero-order chi connectivity index (χ0) is 13.1. The standard InChI is InChI=1S/C15H22N2S/c1-10(2)12-6-5-7-13(8-12)17-15-16-9-14(18-15)11(3)4/h5-8,10-11,14H,9H2,1-4H3,(H,16,17). The fraction of sp³-hybridized carbons (Fsp3) is 0.533. The molecule has 0 spiro atoms. The summed E-state index contributed by atoms with van der Waals surface area (Å²) in [6, 6.07) is 8.61. The number of nitrogens with zero attached hydrogens (tertiary/aromatic N) is 1. The molecule has 2 nitrogen and oxygen atoms in total. The highest BCUT2D eigenvalue weighted by atomic mass is 32.2. The van der Waals surface area contributed by atoms with Crippen molar-refractivity contribution in [2.45, 2.75) is 38.9 Å². The minimum Gasteiger partial charge on any atom is -0.335 e. The molecule has 1 aliphatic rings. The van der Waals surface area contributed by atoms with Crippen molar-refractivity contribution in [3.05, 3.63) is 29.8 Å². The number of hydrogen-bond donors (Lipinski definition) is 1. The average molecular weight is 262 g/mol. The van der Waals surface area contributed by atoms with E-state index in [1.807, 2.05) is 11.8 Å². The minimum atomic E-state index is 0.563. The van der Waals surface area contributed by atoms with Crippen molar-refractivity contribution >= 4 is 22.6 Å². The summed E-state index contributed by atoms with van der Waals surface area (Å²) in [4.78, 5) is 4.58. The predicted octanol–water partition coefficient (Wildman–Crippen LogP) is 4.35. The summed E-state index contributed by atoms with van der Waals surface area (Å²) >= 11 is 1.87. The Morgan fingerprint density at radius 3 is 2.67 bits per heavy atom. The Morgan fingerprint density at radius 2 is 2.06 bits per heavy atom. The summed E-state index contributed by atoms with van der Waals surface area (Å²) < 4.78 is 0. The predicted molar refractivity (Wildman–Crippen MR) is 82.7 cm³/mol. The number of benzene rings is 1. The molecule has 98 valence electrons. The molecule has 0 fully saturated rings. The Kier molecular flexibility index (Phi) is 4.33. The topological polar surface area (TPSA) is 24.4 Å². The van der Waals surface area contributed by atoms with Crippen LogP contribution in [-0.2, 0) is 0 Å². The van der Waals surface area contributed by atoms with Gasteiger partial charge in [0.05, 0.1) is 6.54 Å². The van der Waals surface area contributed by atoms with Crippen LogP contribution in [0.2, 0.25) is 0 Å². The largest absolute Gasteiger partial charge is 0.335 e. The van der Waals surface area contributed by atoms with Crippen LogP contribution in [0.5, 0.6) is 0 Å². The molecule has 0 saturated heterocycles. The first-order chi connectivity index (χ1) is 8.56. The second-order valence-electron chi connectivity index (χ2n) is 5.45. The normalized spacial score (nSPS) is 19.4. The summed E-state index contributed by atoms with van der Waals surface area (Å²) in [7, 11) is 0. The van der Waals surface area contributed by atoms with E-state index in [4.69, 9.17) is 0 Å². The second kappa shape index (κ2) is 5.79. The van der Waals surface area contributed by atoms with Gasteiger partial charge in [0.2, 0.25) is 0 Å². The van der Waals surface area contributed by atoms with Crippen molar-refractivity contribution in [2.24, 2.45) is 10.9 Å². The summed E-state index contributed by atoms with van der Waals surface area (Å²) in [6.45, 7) is 9.89. The van der Waals surface area contributed by atoms with E-state index in [1.165, 1.54) is 5.56 Å². The van der Waals surface area contributed by atoms with E-state index < -0.39 is 0 Å². The maximum absolute atomic E-state index is 4.58. The number of rotatable bonds is 3. The molecule has 1 unspecified atom stereocenters. The number of hydrogen-bond acceptors (Lipinski definition) is 3. The maximum atomic E-state index is 4.58. The first-order valence-corrected chi connectivity index (χ1v) is 7.52. The van der Waals surface area contributed by atoms with E-state index in [0.717, 1.165) is 17.4 Å². The van der Waals surface area contributed by atoms with Gasteiger partial charge in [-0.3, -0.25) is 4.99 Å². The Hall–Kier alpha value is -0.960. The van der Waals surface area contributed by atoms with Gasteiger partial charge in [-0.25, -0.2) is 0 Å². The van der Waals surface area contributed by atoms with Crippen LogP contribution in [0.3, 0.4) is 0 Å². The Balaban J connectivity index is 2.00. The van der Waals surface area contributed by atoms with Gasteiger partial charge in [-0.15, -0.1) is 0 Å². The van der Waals surface area contributed by atoms with Crippen LogP contribution >= 0.6 is 11.8 Å². The van der Waals surface area contributed by atoms with Crippen LogP contribution in [0, 0.1) is 5.92 Å². The van der Waals surface area contributed by atoms with Crippen LogP contribution in [0.15, 0.2) is 29.3 Å². The number of nitrogens with one attached hydrogen (secondary N) is 1. The average Bonchev–Trinajstić information content (AvgIpc) is 2.78. The van der Waals surface area contributed by atoms with E-state index in [1.54, 1.807) is 0 Å². The fourth-order valence-corrected chi connectivity index (χ4v) is 2.94. The zero-order valence-corrected chi connectivity index (χ0v) is 12.4. The highest BCUT2D eigenvalue weighted by molar-refractivity contribution is 8.15. The van der Waals surface area contributed by atoms with Gasteiger partial charge in [-0.05, 0) is 29.5 Å². The lowest BCUT2D eigenvalue weighted by atomic mass is 10.0. The molecule has 3 heteroatoms. The lowest BCUT2D eigenvalue weighted by Crippen LogP contribution is -2.13. The van der Waals surface area contributed by atoms with Gasteiger partial charge in [0.15, 0.2) is 5.17 Å². The molecule has 1 aromatic carbocycles. The molecule has 18 heavy (non-hydrogen) atoms. The van der Waals surface area contributed by atoms with Gasteiger partial charge >= 0.3 is 0 Å². The van der Waals surface area contributed by atoms with E-state index in [0.29, 0.717) is 17.1 Å². The molecule has 1 aliphatic heterocycles. The first-order valence-electron chi connectivity index (χ1n) is 6.64. The van der Waals surface area contributed by atoms with Crippen molar-refractivity contribution < 1.29 is 0 Å². The van der Waals surface area contributed by atoms with Crippen LogP contribution in [0.4, 0.5) is 5.69 Å². The summed E-state index contributed by atoms with van der Waals surface area (Å²) in [5.74, 6) is 1.24. The molecular weight excluding hydrogens is 240 g/mol. The third-order valence-electron chi connectivity index (χ3n) is 3.23. The van der Waals surface area contributed by atoms with Crippen LogP contribution in [-0.4, -0.2) is 17.0 Å². The zero-order valence-electron chi connectivity index (χ0n) is 11.6. The summed E-state index contributed by atoms with van der Waals surface area (Å²) in [5.41, 5.74) is 2.51. The van der Waals surface area contributed by atoms with Gasteiger partial charge < -0.3 is 5.32 Å². The number of amidine groups is 1. The fourth-order valence-electron chi connectivity index (χ4n) is 1.91. The van der Waals surface area contributed by atoms with Crippen molar-refractivity contribution in [1.29, 1.82) is 0 Å². The molecule has 0 amide bonds. The van der Waals surface area contributed by atoms with Crippen LogP contribution in [0.25, 0.3) is 0 Å². The quantitative estimate of drug-likeness (QED) is 0.875. The molecule has 0 radical (unpaired) electrons. The second-order valence-corrected chi connectivity index (χ2v) is 6.68. The summed E-state index contributed by atoms with van der Waals surface area (Å²) in [6.07, 6.45) is 0. The SMILES string of the molecule is CC(C)c1cccc(NC2=NCC(C(C)C)S2)c1. The Labute approximate surface area is 114 Å². The van der Waals surface area contributed by atoms with Crippen molar-refractivity contribution in [1.82, 2.24) is 0 Å². The van der Waals surface area contributed by atoms with Gasteiger partial charge in [0.25, 0.3) is 0 Å². The third kappa shape index (κ3) is 3.29. The number of aliphatic imine (C=N–C) groups is 1. The van der Waals surface area contributed by atoms with E-state index in [9.17, 15) is 0 Å². The van der Waals surface area contributed by atoms with Gasteiger partial charge in [-0.2, -0.15) is 0 Å². The Morgan fingerprint density at radius 1 is 1.28 bits per heavy atom. The Bertz CT molecular complexity index is 438. The summed E-state index contributed by atoms with van der Waals surface area (Å²) in [5, 5.41) is 5.12. The molecule has 1 atom stereocenters. The van der Waals surface area contributed by atoms with Gasteiger partial charge in [0, 0.05) is 10.9 Å². The van der Waals surface area contributed by atoms with Crippen molar-refractivity contribution in [3.63, 3.8) is 0 Å². The number of thioether (sulfide) groups is 1. The third-order valence-corrected chi connectivity index (χ3v) is 4.68. The van der Waals surface area contributed by atoms with Crippen molar-refractivity contribution in [2.75, 3.05) is 11.9 Å². The van der Waals surface area contributed by atoms with E-state index in [-0.39, 0.29) is 0 Å². The molecule has 0 saturated carbocycles. The molecule has 0 aliphatic carbocycles. The monoisotopic (exact) mass is 262 g/mol. The van der Waals surface area contributed by atoms with Crippen molar-refractivity contribution in [3.8, 4) is 0 Å². The molecule has 1 aromatic rings. The lowest BCUT2D eigenvalue weighted by Gasteiger charge is -2.13. The van der Waals surface area contributed by atoms with E-state index >= 15 is 0 Å². The molecule has 0 aromatic heterocycles. The molecule has 0 bridgehead atoms. The highest BCUT2D eigenvalue weighted by Crippen LogP contribution is 2.28.